The van der Waals surface area contributed by atoms with Gasteiger partial charge >= 0.3 is 36.1 Å². The number of aromatic nitrogens is 6. The van der Waals surface area contributed by atoms with Crippen LogP contribution in [0.3, 0.4) is 0 Å². The van der Waals surface area contributed by atoms with Gasteiger partial charge in [-0.25, -0.2) is 53.5 Å². The Kier molecular flexibility index (Phi) is 20.7. The minimum Gasteiger partial charge on any atom is -0.508 e. The predicted octanol–water partition coefficient (Wildman–Crippen LogP) is 7.51. The van der Waals surface area contributed by atoms with Gasteiger partial charge in [-0.15, -0.1) is 0 Å². The summed E-state index contributed by atoms with van der Waals surface area (Å²) in [6, 6.07) is 25.7. The first-order valence-corrected chi connectivity index (χ1v) is 35.4. The molecule has 0 bridgehead atoms. The topological polar surface area (TPSA) is 412 Å². The van der Waals surface area contributed by atoms with E-state index in [1.807, 2.05) is 18.2 Å². The lowest BCUT2D eigenvalue weighted by Gasteiger charge is -2.31. The first-order chi connectivity index (χ1) is 51.5. The molecule has 0 aliphatic carbocycles. The Bertz CT molecular complexity index is 5410. The number of hydrogen-bond acceptors (Lipinski definition) is 23. The summed E-state index contributed by atoms with van der Waals surface area (Å²) in [5.41, 5.74) is 3.12. The SMILES string of the molecule is CC[C@]1(O)C(=O)OCc2c1cc1n(c2=O)Cc2cc3cc(O)ccc3nc2-1.CC[C@]1(O)C(=O)OCc2c1cc1n(c2=O)Cc2cc3cc(OC(=O)NCCCCCCN=C=O)ccc3nc2-1.CC[C@]1(O)C(=O)OCc2c1cc1n(c2=O)Cc2cc3cc(OC(=O)NCCCCCCNC(=O)NC)ccc3nc2-1. The maximum Gasteiger partial charge on any atom is 0.412 e. The molecule has 3 aromatic carbocycles. The molecule has 15 rings (SSSR count). The fourth-order valence-electron chi connectivity index (χ4n) is 14.3. The summed E-state index contributed by atoms with van der Waals surface area (Å²) in [6.07, 6.45) is 7.59. The van der Waals surface area contributed by atoms with E-state index in [1.54, 1.807) is 114 Å². The number of benzene rings is 3. The van der Waals surface area contributed by atoms with Gasteiger partial charge in [0.1, 0.15) is 37.1 Å². The van der Waals surface area contributed by atoms with Crippen LogP contribution in [0, 0.1) is 0 Å². The van der Waals surface area contributed by atoms with E-state index < -0.39 is 46.9 Å². The number of unbranched alkanes of at least 4 members (excludes halogenated alkanes) is 6. The van der Waals surface area contributed by atoms with Gasteiger partial charge < -0.3 is 79.1 Å². The van der Waals surface area contributed by atoms with Crippen molar-refractivity contribution in [2.45, 2.75) is 148 Å². The highest BCUT2D eigenvalue weighted by Crippen LogP contribution is 2.43. The number of ether oxygens (including phenoxy) is 5. The van der Waals surface area contributed by atoms with Crippen LogP contribution in [0.4, 0.5) is 14.4 Å². The van der Waals surface area contributed by atoms with Crippen LogP contribution in [0.25, 0.3) is 66.9 Å². The molecule has 0 spiro atoms. The quantitative estimate of drug-likeness (QED) is 0.0128. The summed E-state index contributed by atoms with van der Waals surface area (Å²) >= 11 is 0. The summed E-state index contributed by atoms with van der Waals surface area (Å²) in [5, 5.41) is 55.5. The van der Waals surface area contributed by atoms with Crippen molar-refractivity contribution >= 4 is 74.9 Å². The smallest absolute Gasteiger partial charge is 0.412 e. The minimum atomic E-state index is -1.87. The lowest BCUT2D eigenvalue weighted by Crippen LogP contribution is -2.44. The highest BCUT2D eigenvalue weighted by molar-refractivity contribution is 5.91. The molecule has 3 atom stereocenters. The zero-order valence-corrected chi connectivity index (χ0v) is 59.1. The van der Waals surface area contributed by atoms with Crippen LogP contribution in [-0.4, -0.2) is 125 Å². The van der Waals surface area contributed by atoms with Crippen molar-refractivity contribution in [2.24, 2.45) is 4.99 Å². The number of fused-ring (bicyclic) bond motifs is 15. The molecule has 30 heteroatoms. The fourth-order valence-corrected chi connectivity index (χ4v) is 14.3. The second kappa shape index (κ2) is 30.2. The molecule has 0 radical (unpaired) electrons. The third-order valence-corrected chi connectivity index (χ3v) is 20.3. The van der Waals surface area contributed by atoms with Crippen LogP contribution in [0.1, 0.15) is 141 Å². The van der Waals surface area contributed by atoms with Crippen LogP contribution in [0.15, 0.2) is 110 Å². The van der Waals surface area contributed by atoms with Crippen LogP contribution in [0.5, 0.6) is 17.2 Å². The molecule has 6 aliphatic rings. The van der Waals surface area contributed by atoms with Gasteiger partial charge in [0.15, 0.2) is 16.8 Å². The zero-order valence-electron chi connectivity index (χ0n) is 59.1. The standard InChI is InChI=1S/C29H33N5O7.C28H28N4O7.C20H16N2O5/c1-3-29(39)21-14-23-24-18(15-34(23)25(35)20(21)16-40-26(29)36)12-17-13-19(8-9-22(17)33-24)41-28(38)32-11-7-5-4-6-10-31-27(37)30-2;1-2-28(37)21-13-23-24-18(14-32(23)25(34)20(21)15-38-26(28)35)11-17-12-19(7-8-22(17)31-24)39-27(36)30-10-6-4-3-5-9-29-16-33;1-2-20(26)14-7-16-17-11(5-10-6-12(23)3-4-15(10)21-17)8-22(16)18(24)13(14)9-27-19(20)25/h8-9,12-14,39H,3-7,10-11,15-16H2,1-2H3,(H,32,38)(H2,30,31,37);7-8,11-13,37H,2-6,9-10,14-15H2,1H3,(H,30,36);3-7,23,26H,2,8-9H2,1H3/t29-;28-;20-/m111/s1. The molecular weight excluding hydrogens is 1380 g/mol. The van der Waals surface area contributed by atoms with Crippen LogP contribution < -0.4 is 47.4 Å². The van der Waals surface area contributed by atoms with Gasteiger partial charge in [-0.05, 0) is 136 Å². The number of urea groups is 1. The van der Waals surface area contributed by atoms with E-state index in [0.29, 0.717) is 106 Å². The lowest BCUT2D eigenvalue weighted by atomic mass is 9.86. The average molecular weight is 1460 g/mol. The maximum atomic E-state index is 13.3. The summed E-state index contributed by atoms with van der Waals surface area (Å²) in [5.74, 6) is -1.38. The van der Waals surface area contributed by atoms with Gasteiger partial charge in [0.2, 0.25) is 6.08 Å². The number of aliphatic imine (C=N–C) groups is 1. The van der Waals surface area contributed by atoms with Gasteiger partial charge in [0, 0.05) is 76.2 Å². The number of rotatable bonds is 19. The van der Waals surface area contributed by atoms with Crippen molar-refractivity contribution in [2.75, 3.05) is 33.2 Å². The van der Waals surface area contributed by atoms with Gasteiger partial charge in [0.25, 0.3) is 16.7 Å². The summed E-state index contributed by atoms with van der Waals surface area (Å²) < 4.78 is 30.9. The Balaban J connectivity index is 0.000000145. The number of pyridine rings is 6. The molecule has 107 heavy (non-hydrogen) atoms. The number of carbonyl (C=O) groups excluding carboxylic acids is 7. The second-order valence-corrected chi connectivity index (χ2v) is 26.8. The molecule has 4 amide bonds. The van der Waals surface area contributed by atoms with Crippen molar-refractivity contribution in [3.05, 3.63) is 172 Å². The predicted molar refractivity (Wildman–Crippen MR) is 386 cm³/mol. The molecule has 6 aromatic heterocycles. The molecule has 0 saturated heterocycles. The average Bonchev–Trinajstić information content (AvgIpc) is 1.69. The number of carbonyl (C=O) groups is 6. The molecule has 6 aliphatic heterocycles. The highest BCUT2D eigenvalue weighted by atomic mass is 16.6. The van der Waals surface area contributed by atoms with E-state index in [0.717, 1.165) is 84.2 Å². The molecular formula is C77H77N11O19. The minimum absolute atomic E-state index is 0.0775. The number of aliphatic hydroxyl groups is 3. The Morgan fingerprint density at radius 1 is 0.495 bits per heavy atom. The molecule has 0 fully saturated rings. The monoisotopic (exact) mass is 1460 g/mol. The number of nitrogens with zero attached hydrogens (tertiary/aromatic N) is 7. The third-order valence-electron chi connectivity index (χ3n) is 20.3. The van der Waals surface area contributed by atoms with Crippen molar-refractivity contribution in [3.8, 4) is 51.4 Å². The number of phenols is 1. The number of aromatic hydroxyl groups is 1. The first kappa shape index (κ1) is 73.3. The first-order valence-electron chi connectivity index (χ1n) is 35.4. The number of isocyanates is 1. The molecule has 554 valence electrons. The van der Waals surface area contributed by atoms with Gasteiger partial charge in [-0.2, -0.15) is 0 Å². The Labute approximate surface area is 609 Å². The number of cyclic esters (lactones) is 3. The third kappa shape index (κ3) is 14.1. The second-order valence-electron chi connectivity index (χ2n) is 26.8. The van der Waals surface area contributed by atoms with E-state index in [2.05, 4.69) is 31.2 Å². The summed E-state index contributed by atoms with van der Waals surface area (Å²) in [7, 11) is 1.57. The molecule has 30 nitrogen and oxygen atoms in total. The Morgan fingerprint density at radius 3 is 1.21 bits per heavy atom. The lowest BCUT2D eigenvalue weighted by molar-refractivity contribution is -0.172. The van der Waals surface area contributed by atoms with Gasteiger partial charge in [-0.1, -0.05) is 46.5 Å². The molecule has 12 heterocycles. The van der Waals surface area contributed by atoms with Crippen molar-refractivity contribution in [1.82, 2.24) is 49.9 Å². The molecule has 0 unspecified atom stereocenters. The fraction of sp³-hybridized carbons (Fsp3) is 0.364. The largest absolute Gasteiger partial charge is 0.508 e. The molecule has 8 N–H and O–H groups in total. The Morgan fingerprint density at radius 2 is 0.850 bits per heavy atom. The van der Waals surface area contributed by atoms with E-state index in [9.17, 15) is 68.4 Å². The number of nitrogens with one attached hydrogen (secondary N) is 4. The van der Waals surface area contributed by atoms with Crippen molar-refractivity contribution < 1.29 is 77.7 Å². The number of phenolic OH excluding ortho intramolecular Hbond substituents is 1. The van der Waals surface area contributed by atoms with Crippen LogP contribution in [0.2, 0.25) is 0 Å². The summed E-state index contributed by atoms with van der Waals surface area (Å²) in [4.78, 5) is 140. The molecule has 0 saturated carbocycles. The number of amides is 4. The summed E-state index contributed by atoms with van der Waals surface area (Å²) in [6.45, 7) is 7.44. The number of hydrogen-bond donors (Lipinski definition) is 8. The van der Waals surface area contributed by atoms with Crippen molar-refractivity contribution in [3.63, 3.8) is 0 Å². The Hall–Kier alpha value is -12.0. The maximum absolute atomic E-state index is 13.3. The van der Waals surface area contributed by atoms with E-state index in [1.165, 1.54) is 6.08 Å². The van der Waals surface area contributed by atoms with Gasteiger partial charge in [0.05, 0.1) is 93.6 Å². The van der Waals surface area contributed by atoms with Crippen molar-refractivity contribution in [1.29, 1.82) is 0 Å². The van der Waals surface area contributed by atoms with Crippen LogP contribution in [-0.2, 0) is 89.6 Å². The number of esters is 3. The highest BCUT2D eigenvalue weighted by Gasteiger charge is 2.48. The zero-order chi connectivity index (χ0) is 75.6. The van der Waals surface area contributed by atoms with E-state index in [-0.39, 0.29) is 103 Å². The van der Waals surface area contributed by atoms with Gasteiger partial charge in [-0.3, -0.25) is 14.4 Å². The molecule has 9 aromatic rings. The van der Waals surface area contributed by atoms with E-state index in [4.69, 9.17) is 33.7 Å². The van der Waals surface area contributed by atoms with E-state index >= 15 is 0 Å². The normalized spacial score (nSPS) is 17.7. The van der Waals surface area contributed by atoms with Crippen LogP contribution >= 0.6 is 0 Å².